The van der Waals surface area contributed by atoms with Crippen LogP contribution in [0.15, 0.2) is 72.8 Å². The van der Waals surface area contributed by atoms with Crippen LogP contribution in [0.25, 0.3) is 0 Å². The highest BCUT2D eigenvalue weighted by atomic mass is 16.3. The molecule has 116 valence electrons. The van der Waals surface area contributed by atoms with Crippen molar-refractivity contribution < 1.29 is 15.3 Å². The van der Waals surface area contributed by atoms with Gasteiger partial charge < -0.3 is 15.3 Å². The summed E-state index contributed by atoms with van der Waals surface area (Å²) in [6, 6.07) is 21.3. The Bertz CT molecular complexity index is 748. The van der Waals surface area contributed by atoms with Gasteiger partial charge in [0.2, 0.25) is 0 Å². The fraction of sp³-hybridized carbons (Fsp3) is 0.100. The first-order valence-electron chi connectivity index (χ1n) is 7.49. The molecule has 0 spiro atoms. The molecule has 3 heteroatoms. The molecule has 0 fully saturated rings. The van der Waals surface area contributed by atoms with Crippen molar-refractivity contribution >= 4 is 0 Å². The van der Waals surface area contributed by atoms with Gasteiger partial charge in [-0.25, -0.2) is 0 Å². The van der Waals surface area contributed by atoms with E-state index < -0.39 is 0 Å². The van der Waals surface area contributed by atoms with Crippen molar-refractivity contribution in [3.8, 4) is 17.2 Å². The molecule has 0 saturated carbocycles. The van der Waals surface area contributed by atoms with Gasteiger partial charge in [-0.15, -0.1) is 0 Å². The third-order valence-electron chi connectivity index (χ3n) is 4.00. The molecule has 0 saturated heterocycles. The molecule has 0 amide bonds. The number of rotatable bonds is 4. The number of hydrogen-bond acceptors (Lipinski definition) is 3. The van der Waals surface area contributed by atoms with Crippen molar-refractivity contribution in [2.45, 2.75) is 12.3 Å². The lowest BCUT2D eigenvalue weighted by atomic mass is 9.85. The molecule has 0 unspecified atom stereocenters. The Morgan fingerprint density at radius 3 is 1.57 bits per heavy atom. The summed E-state index contributed by atoms with van der Waals surface area (Å²) in [5.41, 5.74) is 2.54. The predicted octanol–water partition coefficient (Wildman–Crippen LogP) is 4.18. The monoisotopic (exact) mass is 306 g/mol. The summed E-state index contributed by atoms with van der Waals surface area (Å²) in [5, 5.41) is 29.9. The molecule has 3 N–H and O–H groups in total. The summed E-state index contributed by atoms with van der Waals surface area (Å²) < 4.78 is 0. The summed E-state index contributed by atoms with van der Waals surface area (Å²) in [5.74, 6) is 0.455. The normalized spacial score (nSPS) is 10.8. The number of phenolic OH excluding ortho intramolecular Hbond substituents is 3. The molecule has 0 bridgehead atoms. The van der Waals surface area contributed by atoms with Crippen molar-refractivity contribution in [3.05, 3.63) is 89.5 Å². The van der Waals surface area contributed by atoms with E-state index in [1.165, 1.54) is 0 Å². The molecule has 23 heavy (non-hydrogen) atoms. The lowest BCUT2D eigenvalue weighted by Crippen LogP contribution is -2.06. The van der Waals surface area contributed by atoms with Crippen LogP contribution in [0.4, 0.5) is 0 Å². The topological polar surface area (TPSA) is 60.7 Å². The maximum Gasteiger partial charge on any atom is 0.119 e. The van der Waals surface area contributed by atoms with Crippen LogP contribution in [0.5, 0.6) is 17.2 Å². The van der Waals surface area contributed by atoms with Crippen LogP contribution in [0.2, 0.25) is 0 Å². The Morgan fingerprint density at radius 1 is 0.609 bits per heavy atom. The van der Waals surface area contributed by atoms with Crippen LogP contribution < -0.4 is 0 Å². The second-order valence-electron chi connectivity index (χ2n) is 5.54. The van der Waals surface area contributed by atoms with Crippen molar-refractivity contribution in [2.75, 3.05) is 0 Å². The zero-order valence-corrected chi connectivity index (χ0v) is 12.6. The van der Waals surface area contributed by atoms with Crippen LogP contribution in [-0.4, -0.2) is 15.3 Å². The number of phenols is 3. The van der Waals surface area contributed by atoms with Gasteiger partial charge in [0.15, 0.2) is 0 Å². The van der Waals surface area contributed by atoms with Gasteiger partial charge in [-0.3, -0.25) is 0 Å². The van der Waals surface area contributed by atoms with E-state index in [2.05, 4.69) is 0 Å². The minimum Gasteiger partial charge on any atom is -0.508 e. The molecule has 0 aliphatic carbocycles. The number of hydrogen-bond donors (Lipinski definition) is 3. The highest BCUT2D eigenvalue weighted by molar-refractivity contribution is 5.47. The van der Waals surface area contributed by atoms with Gasteiger partial charge >= 0.3 is 0 Å². The molecule has 3 nitrogen and oxygen atoms in total. The maximum atomic E-state index is 10.2. The smallest absolute Gasteiger partial charge is 0.119 e. The molecule has 0 atom stereocenters. The quantitative estimate of drug-likeness (QED) is 0.677. The summed E-state index contributed by atoms with van der Waals surface area (Å²) in [7, 11) is 0. The van der Waals surface area contributed by atoms with Crippen LogP contribution in [0, 0.1) is 0 Å². The maximum absolute atomic E-state index is 10.2. The van der Waals surface area contributed by atoms with E-state index in [0.29, 0.717) is 6.42 Å². The fourth-order valence-corrected chi connectivity index (χ4v) is 2.82. The molecular formula is C20H18O3. The summed E-state index contributed by atoms with van der Waals surface area (Å²) in [6.45, 7) is 0. The molecule has 3 rings (SSSR count). The standard InChI is InChI=1S/C20H18O3/c21-15-11-9-14(10-12-15)13-18(16-5-1-3-7-19(16)22)17-6-2-4-8-20(17)23/h1-12,18,21-23H,13H2. The lowest BCUT2D eigenvalue weighted by Gasteiger charge is -2.20. The van der Waals surface area contributed by atoms with Gasteiger partial charge in [-0.2, -0.15) is 0 Å². The highest BCUT2D eigenvalue weighted by Gasteiger charge is 2.20. The van der Waals surface area contributed by atoms with E-state index in [4.69, 9.17) is 0 Å². The molecule has 0 aliphatic rings. The van der Waals surface area contributed by atoms with Crippen molar-refractivity contribution in [1.82, 2.24) is 0 Å². The predicted molar refractivity (Wildman–Crippen MR) is 89.9 cm³/mol. The lowest BCUT2D eigenvalue weighted by molar-refractivity contribution is 0.453. The Hall–Kier alpha value is -2.94. The minimum atomic E-state index is -0.179. The first kappa shape index (κ1) is 15.0. The van der Waals surface area contributed by atoms with E-state index >= 15 is 0 Å². The zero-order valence-electron chi connectivity index (χ0n) is 12.6. The molecule has 0 aliphatic heterocycles. The SMILES string of the molecule is Oc1ccc(CC(c2ccccc2O)c2ccccc2O)cc1. The Morgan fingerprint density at radius 2 is 1.09 bits per heavy atom. The van der Waals surface area contributed by atoms with Crippen molar-refractivity contribution in [2.24, 2.45) is 0 Å². The first-order chi connectivity index (χ1) is 11.1. The van der Waals surface area contributed by atoms with E-state index in [-0.39, 0.29) is 23.2 Å². The van der Waals surface area contributed by atoms with Gasteiger partial charge in [-0.1, -0.05) is 48.5 Å². The number of para-hydroxylation sites is 2. The fourth-order valence-electron chi connectivity index (χ4n) is 2.82. The van der Waals surface area contributed by atoms with E-state index in [9.17, 15) is 15.3 Å². The van der Waals surface area contributed by atoms with Crippen LogP contribution in [-0.2, 0) is 6.42 Å². The third kappa shape index (κ3) is 3.29. The van der Waals surface area contributed by atoms with Gasteiger partial charge in [0.25, 0.3) is 0 Å². The van der Waals surface area contributed by atoms with Crippen LogP contribution in [0.1, 0.15) is 22.6 Å². The van der Waals surface area contributed by atoms with Crippen molar-refractivity contribution in [1.29, 1.82) is 0 Å². The van der Waals surface area contributed by atoms with Crippen molar-refractivity contribution in [3.63, 3.8) is 0 Å². The van der Waals surface area contributed by atoms with Crippen LogP contribution >= 0.6 is 0 Å². The minimum absolute atomic E-state index is 0.179. The van der Waals surface area contributed by atoms with Crippen LogP contribution in [0.3, 0.4) is 0 Å². The molecule has 3 aromatic rings. The second kappa shape index (κ2) is 6.44. The van der Waals surface area contributed by atoms with Gasteiger partial charge in [0.1, 0.15) is 17.2 Å². The van der Waals surface area contributed by atoms with Gasteiger partial charge in [0.05, 0.1) is 0 Å². The summed E-state index contributed by atoms with van der Waals surface area (Å²) in [4.78, 5) is 0. The molecule has 0 radical (unpaired) electrons. The number of benzene rings is 3. The molecular weight excluding hydrogens is 288 g/mol. The molecule has 3 aromatic carbocycles. The van der Waals surface area contributed by atoms with E-state index in [0.717, 1.165) is 16.7 Å². The summed E-state index contributed by atoms with van der Waals surface area (Å²) >= 11 is 0. The van der Waals surface area contributed by atoms with E-state index in [1.54, 1.807) is 36.4 Å². The Balaban J connectivity index is 2.05. The Labute approximate surface area is 135 Å². The molecule has 0 aromatic heterocycles. The van der Waals surface area contributed by atoms with Gasteiger partial charge in [0, 0.05) is 17.0 Å². The Kier molecular flexibility index (Phi) is 4.20. The first-order valence-corrected chi connectivity index (χ1v) is 7.49. The molecule has 0 heterocycles. The van der Waals surface area contributed by atoms with E-state index in [1.807, 2.05) is 36.4 Å². The number of aromatic hydroxyl groups is 3. The largest absolute Gasteiger partial charge is 0.508 e. The average Bonchev–Trinajstić information content (AvgIpc) is 2.56. The second-order valence-corrected chi connectivity index (χ2v) is 5.54. The zero-order chi connectivity index (χ0) is 16.2. The highest BCUT2D eigenvalue weighted by Crippen LogP contribution is 2.37. The summed E-state index contributed by atoms with van der Waals surface area (Å²) in [6.07, 6.45) is 0.607. The average molecular weight is 306 g/mol. The van der Waals surface area contributed by atoms with Gasteiger partial charge in [-0.05, 0) is 36.2 Å². The third-order valence-corrected chi connectivity index (χ3v) is 4.00.